The topological polar surface area (TPSA) is 71.9 Å². The lowest BCUT2D eigenvalue weighted by Gasteiger charge is -2.13. The fourth-order valence-corrected chi connectivity index (χ4v) is 1.90. The van der Waals surface area contributed by atoms with Crippen molar-refractivity contribution < 1.29 is 4.74 Å². The second-order valence-corrected chi connectivity index (χ2v) is 4.50. The summed E-state index contributed by atoms with van der Waals surface area (Å²) in [5, 5.41) is 8.92. The number of nitriles is 1. The molecule has 1 aromatic carbocycles. The van der Waals surface area contributed by atoms with Crippen LogP contribution in [0.3, 0.4) is 0 Å². The summed E-state index contributed by atoms with van der Waals surface area (Å²) in [7, 11) is 0. The van der Waals surface area contributed by atoms with Crippen LogP contribution in [0.1, 0.15) is 22.3 Å². The molecule has 1 aromatic heterocycles. The van der Waals surface area contributed by atoms with Crippen molar-refractivity contribution in [3.63, 3.8) is 0 Å². The summed E-state index contributed by atoms with van der Waals surface area (Å²) in [6.07, 6.45) is 1.66. The van der Waals surface area contributed by atoms with Crippen molar-refractivity contribution >= 4 is 5.69 Å². The van der Waals surface area contributed by atoms with E-state index in [1.54, 1.807) is 18.3 Å². The SMILES string of the molecule is Cc1ccnc(Oc2c(C)cc(C#N)cc2C)c1N. The van der Waals surface area contributed by atoms with Crippen LogP contribution in [0.25, 0.3) is 0 Å². The zero-order valence-electron chi connectivity index (χ0n) is 11.2. The van der Waals surface area contributed by atoms with Gasteiger partial charge in [0.05, 0.1) is 17.3 Å². The maximum atomic E-state index is 8.92. The molecule has 2 N–H and O–H groups in total. The number of anilines is 1. The van der Waals surface area contributed by atoms with Crippen LogP contribution in [0.2, 0.25) is 0 Å². The van der Waals surface area contributed by atoms with Crippen molar-refractivity contribution in [3.8, 4) is 17.7 Å². The summed E-state index contributed by atoms with van der Waals surface area (Å²) in [5.41, 5.74) is 9.80. The molecule has 0 bridgehead atoms. The molecule has 1 heterocycles. The van der Waals surface area contributed by atoms with Crippen LogP contribution >= 0.6 is 0 Å². The summed E-state index contributed by atoms with van der Waals surface area (Å²) in [4.78, 5) is 4.15. The lowest BCUT2D eigenvalue weighted by molar-refractivity contribution is 0.458. The molecule has 2 rings (SSSR count). The van der Waals surface area contributed by atoms with Gasteiger partial charge in [0.25, 0.3) is 0 Å². The van der Waals surface area contributed by atoms with Crippen LogP contribution < -0.4 is 10.5 Å². The first-order valence-electron chi connectivity index (χ1n) is 5.93. The highest BCUT2D eigenvalue weighted by molar-refractivity contribution is 5.57. The summed E-state index contributed by atoms with van der Waals surface area (Å²) in [6.45, 7) is 5.70. The van der Waals surface area contributed by atoms with Crippen LogP contribution in [0, 0.1) is 32.1 Å². The highest BCUT2D eigenvalue weighted by Gasteiger charge is 2.11. The molecule has 0 fully saturated rings. The molecule has 0 radical (unpaired) electrons. The number of rotatable bonds is 2. The van der Waals surface area contributed by atoms with E-state index in [1.807, 2.05) is 26.8 Å². The van der Waals surface area contributed by atoms with Gasteiger partial charge in [-0.3, -0.25) is 0 Å². The number of aryl methyl sites for hydroxylation is 3. The molecule has 0 saturated carbocycles. The molecule has 0 aliphatic carbocycles. The number of hydrogen-bond donors (Lipinski definition) is 1. The van der Waals surface area contributed by atoms with Gasteiger partial charge in [0.2, 0.25) is 5.88 Å². The van der Waals surface area contributed by atoms with Crippen LogP contribution in [0.15, 0.2) is 24.4 Å². The Balaban J connectivity index is 2.45. The molecule has 0 unspecified atom stereocenters. The Labute approximate surface area is 112 Å². The number of nitrogens with zero attached hydrogens (tertiary/aromatic N) is 2. The second-order valence-electron chi connectivity index (χ2n) is 4.50. The Kier molecular flexibility index (Phi) is 3.39. The monoisotopic (exact) mass is 253 g/mol. The van der Waals surface area contributed by atoms with E-state index in [9.17, 15) is 0 Å². The minimum Gasteiger partial charge on any atom is -0.437 e. The van der Waals surface area contributed by atoms with E-state index in [-0.39, 0.29) is 0 Å². The molecule has 4 nitrogen and oxygen atoms in total. The van der Waals surface area contributed by atoms with E-state index in [2.05, 4.69) is 11.1 Å². The maximum Gasteiger partial charge on any atom is 0.242 e. The third-order valence-electron chi connectivity index (χ3n) is 2.96. The number of nitrogen functional groups attached to an aromatic ring is 1. The number of hydrogen-bond acceptors (Lipinski definition) is 4. The predicted molar refractivity (Wildman–Crippen MR) is 74.1 cm³/mol. The molecule has 0 atom stereocenters. The third-order valence-corrected chi connectivity index (χ3v) is 2.96. The molecule has 0 amide bonds. The van der Waals surface area contributed by atoms with E-state index < -0.39 is 0 Å². The molecule has 0 aliphatic heterocycles. The smallest absolute Gasteiger partial charge is 0.242 e. The molecule has 0 spiro atoms. The first-order chi connectivity index (χ1) is 9.02. The van der Waals surface area contributed by atoms with Gasteiger partial charge in [0.1, 0.15) is 5.75 Å². The summed E-state index contributed by atoms with van der Waals surface area (Å²) < 4.78 is 5.81. The van der Waals surface area contributed by atoms with Gasteiger partial charge in [-0.1, -0.05) is 0 Å². The van der Waals surface area contributed by atoms with E-state index in [4.69, 9.17) is 15.7 Å². The van der Waals surface area contributed by atoms with Gasteiger partial charge in [-0.15, -0.1) is 0 Å². The van der Waals surface area contributed by atoms with Crippen molar-refractivity contribution in [1.29, 1.82) is 5.26 Å². The molecule has 0 aliphatic rings. The van der Waals surface area contributed by atoms with Crippen LogP contribution in [-0.4, -0.2) is 4.98 Å². The molecular weight excluding hydrogens is 238 g/mol. The number of ether oxygens (including phenoxy) is 1. The first kappa shape index (κ1) is 12.9. The largest absolute Gasteiger partial charge is 0.437 e. The fraction of sp³-hybridized carbons (Fsp3) is 0.200. The van der Waals surface area contributed by atoms with Crippen molar-refractivity contribution in [2.45, 2.75) is 20.8 Å². The molecule has 4 heteroatoms. The second kappa shape index (κ2) is 4.99. The Morgan fingerprint density at radius 3 is 2.37 bits per heavy atom. The zero-order valence-corrected chi connectivity index (χ0v) is 11.2. The summed E-state index contributed by atoms with van der Waals surface area (Å²) in [5.74, 6) is 1.10. The average Bonchev–Trinajstić information content (AvgIpc) is 2.38. The van der Waals surface area contributed by atoms with Crippen LogP contribution in [0.4, 0.5) is 5.69 Å². The summed E-state index contributed by atoms with van der Waals surface area (Å²) >= 11 is 0. The minimum atomic E-state index is 0.399. The van der Waals surface area contributed by atoms with Gasteiger partial charge in [0, 0.05) is 6.20 Å². The van der Waals surface area contributed by atoms with Gasteiger partial charge in [-0.2, -0.15) is 5.26 Å². The summed E-state index contributed by atoms with van der Waals surface area (Å²) in [6, 6.07) is 7.53. The molecular formula is C15H15N3O. The fourth-order valence-electron chi connectivity index (χ4n) is 1.90. The molecule has 0 saturated heterocycles. The van der Waals surface area contributed by atoms with Crippen molar-refractivity contribution in [2.24, 2.45) is 0 Å². The Hall–Kier alpha value is -2.54. The van der Waals surface area contributed by atoms with Gasteiger partial charge in [-0.25, -0.2) is 4.98 Å². The van der Waals surface area contributed by atoms with Gasteiger partial charge in [-0.05, 0) is 55.7 Å². The molecule has 96 valence electrons. The van der Waals surface area contributed by atoms with E-state index in [1.165, 1.54) is 0 Å². The van der Waals surface area contributed by atoms with Gasteiger partial charge < -0.3 is 10.5 Å². The quantitative estimate of drug-likeness (QED) is 0.891. The molecule has 2 aromatic rings. The number of benzene rings is 1. The lowest BCUT2D eigenvalue weighted by atomic mass is 10.1. The number of pyridine rings is 1. The lowest BCUT2D eigenvalue weighted by Crippen LogP contribution is -1.99. The normalized spacial score (nSPS) is 10.0. The zero-order chi connectivity index (χ0) is 14.0. The maximum absolute atomic E-state index is 8.92. The van der Waals surface area contributed by atoms with Gasteiger partial charge in [0.15, 0.2) is 0 Å². The Morgan fingerprint density at radius 2 is 1.79 bits per heavy atom. The van der Waals surface area contributed by atoms with Crippen molar-refractivity contribution in [2.75, 3.05) is 5.73 Å². The first-order valence-corrected chi connectivity index (χ1v) is 5.93. The van der Waals surface area contributed by atoms with E-state index in [0.717, 1.165) is 16.7 Å². The Bertz CT molecular complexity index is 649. The minimum absolute atomic E-state index is 0.399. The third kappa shape index (κ3) is 2.50. The number of aromatic nitrogens is 1. The highest BCUT2D eigenvalue weighted by atomic mass is 16.5. The number of nitrogens with two attached hydrogens (primary N) is 1. The van der Waals surface area contributed by atoms with Crippen LogP contribution in [0.5, 0.6) is 11.6 Å². The van der Waals surface area contributed by atoms with Crippen LogP contribution in [-0.2, 0) is 0 Å². The highest BCUT2D eigenvalue weighted by Crippen LogP contribution is 2.32. The van der Waals surface area contributed by atoms with E-state index >= 15 is 0 Å². The predicted octanol–water partition coefficient (Wildman–Crippen LogP) is 3.25. The van der Waals surface area contributed by atoms with Gasteiger partial charge >= 0.3 is 0 Å². The molecule has 19 heavy (non-hydrogen) atoms. The standard InChI is InChI=1S/C15H15N3O/c1-9-4-5-18-15(13(9)17)19-14-10(2)6-12(8-16)7-11(14)3/h4-7H,17H2,1-3H3. The van der Waals surface area contributed by atoms with Crippen molar-refractivity contribution in [1.82, 2.24) is 4.98 Å². The van der Waals surface area contributed by atoms with E-state index in [0.29, 0.717) is 22.9 Å². The average molecular weight is 253 g/mol. The van der Waals surface area contributed by atoms with Crippen molar-refractivity contribution in [3.05, 3.63) is 46.6 Å². The Morgan fingerprint density at radius 1 is 1.16 bits per heavy atom.